The van der Waals surface area contributed by atoms with E-state index in [0.29, 0.717) is 57.7 Å². The maximum atomic E-state index is 13.1. The summed E-state index contributed by atoms with van der Waals surface area (Å²) in [4.78, 5) is 29.6. The molecule has 1 aromatic carbocycles. The first-order chi connectivity index (χ1) is 15.8. The summed E-state index contributed by atoms with van der Waals surface area (Å²) in [5.41, 5.74) is -2.82. The molecular weight excluding hydrogens is 466 g/mol. The summed E-state index contributed by atoms with van der Waals surface area (Å²) in [5, 5.41) is 3.03. The lowest BCUT2D eigenvalue weighted by atomic mass is 10.0. The minimum atomic E-state index is -4.90. The fourth-order valence-electron chi connectivity index (χ4n) is 4.46. The molecule has 3 rings (SSSR count). The Hall–Kier alpha value is -2.50. The lowest BCUT2D eigenvalue weighted by Crippen LogP contribution is -2.54. The van der Waals surface area contributed by atoms with Gasteiger partial charge < -0.3 is 20.0 Å². The predicted octanol–water partition coefficient (Wildman–Crippen LogP) is 3.95. The Bertz CT molecular complexity index is 864. The molecule has 0 unspecified atom stereocenters. The molecule has 2 heterocycles. The third-order valence-electron chi connectivity index (χ3n) is 6.37. The maximum Gasteiger partial charge on any atom is 0.416 e. The first-order valence-corrected chi connectivity index (χ1v) is 11.1. The van der Waals surface area contributed by atoms with Crippen molar-refractivity contribution >= 4 is 11.9 Å². The van der Waals surface area contributed by atoms with E-state index in [1.807, 2.05) is 6.92 Å². The van der Waals surface area contributed by atoms with Crippen molar-refractivity contribution in [1.82, 2.24) is 20.0 Å². The highest BCUT2D eigenvalue weighted by atomic mass is 19.4. The van der Waals surface area contributed by atoms with Gasteiger partial charge in [-0.25, -0.2) is 4.79 Å². The first-order valence-electron chi connectivity index (χ1n) is 11.1. The average Bonchev–Trinajstić information content (AvgIpc) is 3.19. The van der Waals surface area contributed by atoms with Crippen LogP contribution in [0.5, 0.6) is 0 Å². The largest absolute Gasteiger partial charge is 0.416 e. The molecule has 0 bridgehead atoms. The quantitative estimate of drug-likeness (QED) is 0.645. The number of halogens is 6. The van der Waals surface area contributed by atoms with E-state index in [1.165, 1.54) is 6.92 Å². The maximum absolute atomic E-state index is 13.1. The van der Waals surface area contributed by atoms with Crippen LogP contribution < -0.4 is 5.32 Å². The highest BCUT2D eigenvalue weighted by Crippen LogP contribution is 2.36. The van der Waals surface area contributed by atoms with Crippen molar-refractivity contribution < 1.29 is 35.9 Å². The van der Waals surface area contributed by atoms with Gasteiger partial charge in [-0.1, -0.05) is 6.92 Å². The second kappa shape index (κ2) is 10.0. The van der Waals surface area contributed by atoms with Crippen LogP contribution in [0.25, 0.3) is 0 Å². The van der Waals surface area contributed by atoms with Gasteiger partial charge >= 0.3 is 18.4 Å². The zero-order valence-electron chi connectivity index (χ0n) is 19.0. The van der Waals surface area contributed by atoms with Crippen LogP contribution in [0.15, 0.2) is 18.2 Å². The van der Waals surface area contributed by atoms with Crippen molar-refractivity contribution in [3.05, 3.63) is 34.9 Å². The number of nitrogens with zero attached hydrogens (tertiary/aromatic N) is 3. The number of carbonyl (C=O) groups excluding carboxylic acids is 2. The Morgan fingerprint density at radius 3 is 1.94 bits per heavy atom. The van der Waals surface area contributed by atoms with Crippen LogP contribution in [0.3, 0.4) is 0 Å². The zero-order chi connectivity index (χ0) is 25.3. The van der Waals surface area contributed by atoms with Crippen molar-refractivity contribution in [2.24, 2.45) is 0 Å². The standard InChI is InChI=1S/C22H28F6N4O2/c1-3-19-11-18(13-32(19)20(34)31-6-4-30(5-7-31)14(2)33)29-12-15-8-16(21(23,24)25)10-17(9-15)22(26,27)28/h8-10,18-19,29H,3-7,11-13H2,1-2H3/t18-,19+/m0/s1. The molecule has 0 saturated carbocycles. The van der Waals surface area contributed by atoms with Crippen molar-refractivity contribution in [2.75, 3.05) is 32.7 Å². The predicted molar refractivity (Wildman–Crippen MR) is 112 cm³/mol. The molecule has 2 atom stereocenters. The lowest BCUT2D eigenvalue weighted by molar-refractivity contribution is -0.143. The van der Waals surface area contributed by atoms with E-state index in [0.717, 1.165) is 0 Å². The number of amides is 3. The Morgan fingerprint density at radius 2 is 1.47 bits per heavy atom. The molecule has 0 aromatic heterocycles. The van der Waals surface area contributed by atoms with Gasteiger partial charge in [-0.15, -0.1) is 0 Å². The molecule has 12 heteroatoms. The first kappa shape index (κ1) is 26.1. The number of hydrogen-bond acceptors (Lipinski definition) is 3. The molecule has 190 valence electrons. The Kier molecular flexibility index (Phi) is 7.69. The van der Waals surface area contributed by atoms with Crippen molar-refractivity contribution in [3.63, 3.8) is 0 Å². The number of urea groups is 1. The van der Waals surface area contributed by atoms with Crippen LogP contribution in [0.1, 0.15) is 43.4 Å². The summed E-state index contributed by atoms with van der Waals surface area (Å²) < 4.78 is 78.6. The van der Waals surface area contributed by atoms with Crippen LogP contribution in [-0.4, -0.2) is 71.4 Å². The number of piperazine rings is 1. The molecule has 2 fully saturated rings. The normalized spacial score (nSPS) is 21.8. The van der Waals surface area contributed by atoms with E-state index >= 15 is 0 Å². The van der Waals surface area contributed by atoms with E-state index in [1.54, 1.807) is 14.7 Å². The van der Waals surface area contributed by atoms with Gasteiger partial charge in [-0.3, -0.25) is 4.79 Å². The summed E-state index contributed by atoms with van der Waals surface area (Å²) in [7, 11) is 0. The summed E-state index contributed by atoms with van der Waals surface area (Å²) in [6.07, 6.45) is -8.58. The molecule has 1 aromatic rings. The molecule has 0 aliphatic carbocycles. The minimum absolute atomic E-state index is 0.0488. The number of likely N-dealkylation sites (tertiary alicyclic amines) is 1. The van der Waals surface area contributed by atoms with Crippen LogP contribution in [-0.2, 0) is 23.7 Å². The van der Waals surface area contributed by atoms with Gasteiger partial charge in [0.1, 0.15) is 0 Å². The van der Waals surface area contributed by atoms with Crippen LogP contribution in [0.4, 0.5) is 31.1 Å². The summed E-state index contributed by atoms with van der Waals surface area (Å²) in [6, 6.07) is 1.01. The summed E-state index contributed by atoms with van der Waals surface area (Å²) >= 11 is 0. The van der Waals surface area contributed by atoms with Gasteiger partial charge in [-0.2, -0.15) is 26.3 Å². The highest BCUT2D eigenvalue weighted by molar-refractivity contribution is 5.77. The number of carbonyl (C=O) groups is 2. The van der Waals surface area contributed by atoms with E-state index < -0.39 is 23.5 Å². The molecule has 2 aliphatic heterocycles. The number of nitrogens with one attached hydrogen (secondary N) is 1. The topological polar surface area (TPSA) is 55.9 Å². The lowest BCUT2D eigenvalue weighted by Gasteiger charge is -2.37. The van der Waals surface area contributed by atoms with Gasteiger partial charge in [0.25, 0.3) is 0 Å². The Balaban J connectivity index is 1.65. The van der Waals surface area contributed by atoms with Gasteiger partial charge in [0, 0.05) is 58.3 Å². The molecule has 2 aliphatic rings. The second-order valence-electron chi connectivity index (χ2n) is 8.72. The van der Waals surface area contributed by atoms with Crippen molar-refractivity contribution in [1.29, 1.82) is 0 Å². The third kappa shape index (κ3) is 6.13. The molecule has 34 heavy (non-hydrogen) atoms. The van der Waals surface area contributed by atoms with Gasteiger partial charge in [-0.05, 0) is 36.6 Å². The molecule has 0 radical (unpaired) electrons. The van der Waals surface area contributed by atoms with Crippen LogP contribution in [0.2, 0.25) is 0 Å². The second-order valence-corrected chi connectivity index (χ2v) is 8.72. The summed E-state index contributed by atoms with van der Waals surface area (Å²) in [5.74, 6) is -0.0488. The van der Waals surface area contributed by atoms with E-state index in [2.05, 4.69) is 5.32 Å². The average molecular weight is 494 g/mol. The number of benzene rings is 1. The zero-order valence-corrected chi connectivity index (χ0v) is 19.0. The molecule has 3 amide bonds. The molecule has 6 nitrogen and oxygen atoms in total. The van der Waals surface area contributed by atoms with Crippen LogP contribution in [0, 0.1) is 0 Å². The van der Waals surface area contributed by atoms with Crippen molar-refractivity contribution in [3.8, 4) is 0 Å². The number of rotatable bonds is 4. The number of hydrogen-bond donors (Lipinski definition) is 1. The summed E-state index contributed by atoms with van der Waals surface area (Å²) in [6.45, 7) is 5.23. The SMILES string of the molecule is CC[C@@H]1C[C@H](NCc2cc(C(F)(F)F)cc(C(F)(F)F)c2)CN1C(=O)N1CCN(C(C)=O)CC1. The van der Waals surface area contributed by atoms with Crippen LogP contribution >= 0.6 is 0 Å². The van der Waals surface area contributed by atoms with Crippen molar-refractivity contribution in [2.45, 2.75) is 57.7 Å². The molecule has 0 spiro atoms. The number of alkyl halides is 6. The van der Waals surface area contributed by atoms with E-state index in [4.69, 9.17) is 0 Å². The van der Waals surface area contributed by atoms with E-state index in [-0.39, 0.29) is 42.2 Å². The Morgan fingerprint density at radius 1 is 0.941 bits per heavy atom. The monoisotopic (exact) mass is 494 g/mol. The van der Waals surface area contributed by atoms with E-state index in [9.17, 15) is 35.9 Å². The molecule has 2 saturated heterocycles. The fourth-order valence-corrected chi connectivity index (χ4v) is 4.46. The molecule has 1 N–H and O–H groups in total. The van der Waals surface area contributed by atoms with Gasteiger partial charge in [0.05, 0.1) is 11.1 Å². The fraction of sp³-hybridized carbons (Fsp3) is 0.636. The highest BCUT2D eigenvalue weighted by Gasteiger charge is 2.39. The smallest absolute Gasteiger partial charge is 0.339 e. The Labute approximate surface area is 193 Å². The minimum Gasteiger partial charge on any atom is -0.339 e. The van der Waals surface area contributed by atoms with Gasteiger partial charge in [0.15, 0.2) is 0 Å². The third-order valence-corrected chi connectivity index (χ3v) is 6.37. The van der Waals surface area contributed by atoms with Gasteiger partial charge in [0.2, 0.25) is 5.91 Å². The molecular formula is C22H28F6N4O2.